The van der Waals surface area contributed by atoms with Gasteiger partial charge in [0.05, 0.1) is 20.3 Å². The van der Waals surface area contributed by atoms with E-state index in [1.54, 1.807) is 27.2 Å². The first kappa shape index (κ1) is 13.3. The highest BCUT2D eigenvalue weighted by Gasteiger charge is 2.24. The van der Waals surface area contributed by atoms with E-state index >= 15 is 0 Å². The Morgan fingerprint density at radius 1 is 1.41 bits per heavy atom. The number of hydrazine groups is 1. The summed E-state index contributed by atoms with van der Waals surface area (Å²) >= 11 is 0. The number of rotatable bonds is 5. The van der Waals surface area contributed by atoms with Crippen LogP contribution in [-0.2, 0) is 6.42 Å². The Morgan fingerprint density at radius 3 is 2.59 bits per heavy atom. The Kier molecular flexibility index (Phi) is 4.32. The number of ether oxygens (including phenoxy) is 2. The fourth-order valence-corrected chi connectivity index (χ4v) is 1.50. The van der Waals surface area contributed by atoms with Gasteiger partial charge in [0.1, 0.15) is 17.0 Å². The summed E-state index contributed by atoms with van der Waals surface area (Å²) in [5, 5.41) is 9.05. The Balaban J connectivity index is 3.03. The summed E-state index contributed by atoms with van der Waals surface area (Å²) < 4.78 is 10.4. The highest BCUT2D eigenvalue weighted by molar-refractivity contribution is 5.42. The average molecular weight is 235 g/mol. The number of nitrogens with zero attached hydrogens (tertiary/aromatic N) is 1. The molecule has 1 aromatic rings. The Labute approximate surface area is 101 Å². The van der Waals surface area contributed by atoms with Crippen LogP contribution in [0.25, 0.3) is 0 Å². The van der Waals surface area contributed by atoms with Crippen LogP contribution < -0.4 is 20.7 Å². The van der Waals surface area contributed by atoms with Crippen LogP contribution in [0.3, 0.4) is 0 Å². The number of hydrogen-bond donors (Lipinski definition) is 2. The summed E-state index contributed by atoms with van der Waals surface area (Å²) in [6.45, 7) is 1.73. The van der Waals surface area contributed by atoms with Crippen molar-refractivity contribution >= 4 is 0 Å². The Hall–Kier alpha value is -1.77. The maximum absolute atomic E-state index is 9.05. The van der Waals surface area contributed by atoms with Crippen LogP contribution in [0.5, 0.6) is 11.5 Å². The van der Waals surface area contributed by atoms with E-state index in [4.69, 9.17) is 20.6 Å². The molecule has 1 aromatic carbocycles. The molecule has 0 heterocycles. The summed E-state index contributed by atoms with van der Waals surface area (Å²) in [5.74, 6) is 6.77. The van der Waals surface area contributed by atoms with Gasteiger partial charge in [-0.3, -0.25) is 5.84 Å². The van der Waals surface area contributed by atoms with Crippen molar-refractivity contribution in [1.29, 1.82) is 5.26 Å². The van der Waals surface area contributed by atoms with Crippen molar-refractivity contribution < 1.29 is 9.47 Å². The van der Waals surface area contributed by atoms with Crippen molar-refractivity contribution in [3.05, 3.63) is 23.8 Å². The highest BCUT2D eigenvalue weighted by atomic mass is 16.5. The van der Waals surface area contributed by atoms with E-state index in [0.29, 0.717) is 17.9 Å². The molecule has 5 nitrogen and oxygen atoms in total. The summed E-state index contributed by atoms with van der Waals surface area (Å²) in [7, 11) is 3.17. The fourth-order valence-electron chi connectivity index (χ4n) is 1.50. The number of nitriles is 1. The molecular weight excluding hydrogens is 218 g/mol. The lowest BCUT2D eigenvalue weighted by atomic mass is 9.94. The maximum Gasteiger partial charge on any atom is 0.125 e. The van der Waals surface area contributed by atoms with Crippen molar-refractivity contribution in [2.45, 2.75) is 18.9 Å². The van der Waals surface area contributed by atoms with E-state index in [1.807, 2.05) is 12.1 Å². The lowest BCUT2D eigenvalue weighted by molar-refractivity contribution is 0.384. The first-order chi connectivity index (χ1) is 8.08. The molecule has 0 spiro atoms. The first-order valence-electron chi connectivity index (χ1n) is 5.18. The van der Waals surface area contributed by atoms with Gasteiger partial charge >= 0.3 is 0 Å². The van der Waals surface area contributed by atoms with Gasteiger partial charge in [0.25, 0.3) is 0 Å². The van der Waals surface area contributed by atoms with Crippen molar-refractivity contribution in [2.24, 2.45) is 5.84 Å². The minimum Gasteiger partial charge on any atom is -0.497 e. The minimum absolute atomic E-state index is 0.452. The zero-order chi connectivity index (χ0) is 12.9. The summed E-state index contributed by atoms with van der Waals surface area (Å²) in [4.78, 5) is 0. The van der Waals surface area contributed by atoms with Crippen molar-refractivity contribution in [2.75, 3.05) is 14.2 Å². The van der Waals surface area contributed by atoms with Crippen molar-refractivity contribution in [3.8, 4) is 17.6 Å². The molecule has 92 valence electrons. The zero-order valence-corrected chi connectivity index (χ0v) is 10.3. The lowest BCUT2D eigenvalue weighted by Gasteiger charge is -2.21. The standard InChI is InChI=1S/C12H17N3O2/c1-12(8-13,15-14)7-9-4-5-10(16-2)6-11(9)17-3/h4-6,15H,7,14H2,1-3H3. The number of nitrogens with two attached hydrogens (primary N) is 1. The minimum atomic E-state index is -0.818. The van der Waals surface area contributed by atoms with Gasteiger partial charge in [-0.05, 0) is 18.6 Å². The quantitative estimate of drug-likeness (QED) is 0.587. The molecular formula is C12H17N3O2. The molecule has 1 unspecified atom stereocenters. The van der Waals surface area contributed by atoms with Crippen molar-refractivity contribution in [1.82, 2.24) is 5.43 Å². The molecule has 0 bridgehead atoms. The van der Waals surface area contributed by atoms with Gasteiger partial charge in [0.2, 0.25) is 0 Å². The molecule has 0 amide bonds. The molecule has 17 heavy (non-hydrogen) atoms. The lowest BCUT2D eigenvalue weighted by Crippen LogP contribution is -2.47. The molecule has 1 atom stereocenters. The van der Waals surface area contributed by atoms with E-state index in [1.165, 1.54) is 0 Å². The second-order valence-electron chi connectivity index (χ2n) is 3.94. The molecule has 0 aliphatic carbocycles. The molecule has 3 N–H and O–H groups in total. The van der Waals surface area contributed by atoms with Gasteiger partial charge in [-0.25, -0.2) is 5.43 Å². The normalized spacial score (nSPS) is 13.6. The third-order valence-electron chi connectivity index (χ3n) is 2.60. The van der Waals surface area contributed by atoms with Gasteiger partial charge in [0.15, 0.2) is 0 Å². The van der Waals surface area contributed by atoms with Crippen LogP contribution in [0.15, 0.2) is 18.2 Å². The predicted octanol–water partition coefficient (Wildman–Crippen LogP) is 0.992. The number of hydrogen-bond acceptors (Lipinski definition) is 5. The van der Waals surface area contributed by atoms with Crippen LogP contribution in [0, 0.1) is 11.3 Å². The first-order valence-corrected chi connectivity index (χ1v) is 5.18. The Morgan fingerprint density at radius 2 is 2.12 bits per heavy atom. The van der Waals surface area contributed by atoms with E-state index < -0.39 is 5.54 Å². The van der Waals surface area contributed by atoms with E-state index in [9.17, 15) is 0 Å². The van der Waals surface area contributed by atoms with Gasteiger partial charge in [-0.1, -0.05) is 6.07 Å². The number of benzene rings is 1. The second kappa shape index (κ2) is 5.53. The molecule has 0 aliphatic heterocycles. The summed E-state index contributed by atoms with van der Waals surface area (Å²) in [6.07, 6.45) is 0.452. The van der Waals surface area contributed by atoms with Gasteiger partial charge in [-0.2, -0.15) is 5.26 Å². The van der Waals surface area contributed by atoms with Crippen LogP contribution >= 0.6 is 0 Å². The summed E-state index contributed by atoms with van der Waals surface area (Å²) in [5.41, 5.74) is 2.59. The predicted molar refractivity (Wildman–Crippen MR) is 64.6 cm³/mol. The smallest absolute Gasteiger partial charge is 0.125 e. The van der Waals surface area contributed by atoms with Gasteiger partial charge < -0.3 is 9.47 Å². The Bertz CT molecular complexity index is 428. The number of nitrogens with one attached hydrogen (secondary N) is 1. The number of methoxy groups -OCH3 is 2. The van der Waals surface area contributed by atoms with Crippen molar-refractivity contribution in [3.63, 3.8) is 0 Å². The van der Waals surface area contributed by atoms with Crippen LogP contribution in [-0.4, -0.2) is 19.8 Å². The molecule has 0 saturated carbocycles. The van der Waals surface area contributed by atoms with Gasteiger partial charge in [0, 0.05) is 12.5 Å². The zero-order valence-electron chi connectivity index (χ0n) is 10.3. The topological polar surface area (TPSA) is 80.3 Å². The molecule has 0 radical (unpaired) electrons. The van der Waals surface area contributed by atoms with Crippen LogP contribution in [0.4, 0.5) is 0 Å². The third-order valence-corrected chi connectivity index (χ3v) is 2.60. The molecule has 0 aromatic heterocycles. The van der Waals surface area contributed by atoms with E-state index in [0.717, 1.165) is 5.56 Å². The molecule has 0 fully saturated rings. The van der Waals surface area contributed by atoms with E-state index in [-0.39, 0.29) is 0 Å². The molecule has 1 rings (SSSR count). The summed E-state index contributed by atoms with van der Waals surface area (Å²) in [6, 6.07) is 7.61. The molecule has 5 heteroatoms. The molecule has 0 saturated heterocycles. The van der Waals surface area contributed by atoms with Gasteiger partial charge in [-0.15, -0.1) is 0 Å². The fraction of sp³-hybridized carbons (Fsp3) is 0.417. The van der Waals surface area contributed by atoms with Crippen LogP contribution in [0.2, 0.25) is 0 Å². The maximum atomic E-state index is 9.05. The average Bonchev–Trinajstić information content (AvgIpc) is 2.39. The second-order valence-corrected chi connectivity index (χ2v) is 3.94. The van der Waals surface area contributed by atoms with E-state index in [2.05, 4.69) is 11.5 Å². The highest BCUT2D eigenvalue weighted by Crippen LogP contribution is 2.27. The third kappa shape index (κ3) is 3.09. The molecule has 0 aliphatic rings. The monoisotopic (exact) mass is 235 g/mol. The largest absolute Gasteiger partial charge is 0.497 e. The van der Waals surface area contributed by atoms with Crippen LogP contribution in [0.1, 0.15) is 12.5 Å². The SMILES string of the molecule is COc1ccc(CC(C)(C#N)NN)c(OC)c1.